The van der Waals surface area contributed by atoms with Crippen molar-refractivity contribution >= 4 is 17.2 Å². The molecule has 2 heterocycles. The Hall–Kier alpha value is -1.68. The molecule has 3 nitrogen and oxygen atoms in total. The Morgan fingerprint density at radius 3 is 3.05 bits per heavy atom. The van der Waals surface area contributed by atoms with E-state index in [0.29, 0.717) is 13.0 Å². The third kappa shape index (κ3) is 4.17. The van der Waals surface area contributed by atoms with Crippen LogP contribution in [-0.4, -0.2) is 10.9 Å². The predicted molar refractivity (Wildman–Crippen MR) is 78.9 cm³/mol. The molecule has 1 amide bonds. The largest absolute Gasteiger partial charge is 0.352 e. The van der Waals surface area contributed by atoms with E-state index < -0.39 is 0 Å². The van der Waals surface area contributed by atoms with E-state index in [2.05, 4.69) is 34.7 Å². The van der Waals surface area contributed by atoms with Crippen molar-refractivity contribution in [1.29, 1.82) is 0 Å². The van der Waals surface area contributed by atoms with Gasteiger partial charge in [0.1, 0.15) is 0 Å². The van der Waals surface area contributed by atoms with E-state index in [1.54, 1.807) is 17.5 Å². The molecule has 0 atom stereocenters. The maximum Gasteiger partial charge on any atom is 0.220 e. The van der Waals surface area contributed by atoms with E-state index in [1.165, 1.54) is 4.88 Å². The van der Waals surface area contributed by atoms with Crippen LogP contribution in [0, 0.1) is 0 Å². The number of hydrogen-bond acceptors (Lipinski definition) is 3. The number of aromatic nitrogens is 1. The van der Waals surface area contributed by atoms with E-state index in [1.807, 2.05) is 12.3 Å². The summed E-state index contributed by atoms with van der Waals surface area (Å²) in [5.74, 6) is 0.114. The van der Waals surface area contributed by atoms with Crippen LogP contribution in [0.4, 0.5) is 0 Å². The lowest BCUT2D eigenvalue weighted by Crippen LogP contribution is -2.22. The maximum atomic E-state index is 11.6. The van der Waals surface area contributed by atoms with Gasteiger partial charge in [-0.05, 0) is 29.5 Å². The first kappa shape index (κ1) is 13.7. The summed E-state index contributed by atoms with van der Waals surface area (Å²) < 4.78 is 0. The van der Waals surface area contributed by atoms with Gasteiger partial charge in [-0.1, -0.05) is 19.4 Å². The first-order chi connectivity index (χ1) is 9.29. The molecule has 100 valence electrons. The van der Waals surface area contributed by atoms with Gasteiger partial charge in [-0.2, -0.15) is 0 Å². The third-order valence-electron chi connectivity index (χ3n) is 2.85. The van der Waals surface area contributed by atoms with Crippen molar-refractivity contribution in [2.24, 2.45) is 0 Å². The monoisotopic (exact) mass is 274 g/mol. The first-order valence-electron chi connectivity index (χ1n) is 6.54. The van der Waals surface area contributed by atoms with Crippen LogP contribution in [0.15, 0.2) is 36.0 Å². The molecule has 0 aromatic carbocycles. The van der Waals surface area contributed by atoms with Crippen LogP contribution in [-0.2, 0) is 11.3 Å². The number of carbonyl (C=O) groups is 1. The van der Waals surface area contributed by atoms with Crippen LogP contribution >= 0.6 is 11.3 Å². The Morgan fingerprint density at radius 1 is 1.42 bits per heavy atom. The Balaban J connectivity index is 1.94. The second-order valence-corrected chi connectivity index (χ2v) is 5.39. The number of amides is 1. The number of unbranched alkanes of at least 4 members (excludes halogenated alkanes) is 1. The van der Waals surface area contributed by atoms with Crippen molar-refractivity contribution in [3.63, 3.8) is 0 Å². The van der Waals surface area contributed by atoms with Crippen LogP contribution in [0.1, 0.15) is 31.7 Å². The smallest absolute Gasteiger partial charge is 0.220 e. The minimum atomic E-state index is 0.114. The standard InChI is InChI=1S/C15H18N2OS/c1-2-3-6-15(18)17-10-12-8-13(11-16-9-12)14-5-4-7-19-14/h4-5,7-9,11H,2-3,6,10H2,1H3,(H,17,18). The van der Waals surface area contributed by atoms with Crippen molar-refractivity contribution in [3.8, 4) is 10.4 Å². The van der Waals surface area contributed by atoms with E-state index in [0.717, 1.165) is 24.0 Å². The van der Waals surface area contributed by atoms with Gasteiger partial charge in [-0.15, -0.1) is 11.3 Å². The van der Waals surface area contributed by atoms with E-state index >= 15 is 0 Å². The van der Waals surface area contributed by atoms with Gasteiger partial charge < -0.3 is 5.32 Å². The number of hydrogen-bond donors (Lipinski definition) is 1. The highest BCUT2D eigenvalue weighted by Crippen LogP contribution is 2.24. The molecule has 0 saturated carbocycles. The SMILES string of the molecule is CCCCC(=O)NCc1cncc(-c2cccs2)c1. The molecule has 4 heteroatoms. The summed E-state index contributed by atoms with van der Waals surface area (Å²) in [5, 5.41) is 4.98. The van der Waals surface area contributed by atoms with Gasteiger partial charge in [0.05, 0.1) is 0 Å². The van der Waals surface area contributed by atoms with E-state index in [9.17, 15) is 4.79 Å². The highest BCUT2D eigenvalue weighted by Gasteiger charge is 2.03. The summed E-state index contributed by atoms with van der Waals surface area (Å²) in [4.78, 5) is 17.0. The molecule has 0 radical (unpaired) electrons. The Kier molecular flexibility index (Phi) is 5.10. The molecule has 0 aliphatic heterocycles. The molecule has 2 aromatic heterocycles. The van der Waals surface area contributed by atoms with Crippen molar-refractivity contribution in [1.82, 2.24) is 10.3 Å². The van der Waals surface area contributed by atoms with E-state index in [-0.39, 0.29) is 5.91 Å². The van der Waals surface area contributed by atoms with Gasteiger partial charge in [-0.3, -0.25) is 9.78 Å². The molecule has 0 saturated heterocycles. The number of carbonyl (C=O) groups excluding carboxylic acids is 1. The summed E-state index contributed by atoms with van der Waals surface area (Å²) in [6, 6.07) is 6.18. The lowest BCUT2D eigenvalue weighted by molar-refractivity contribution is -0.121. The zero-order valence-corrected chi connectivity index (χ0v) is 11.9. The molecule has 0 spiro atoms. The predicted octanol–water partition coefficient (Wildman–Crippen LogP) is 3.62. The van der Waals surface area contributed by atoms with Crippen LogP contribution in [0.3, 0.4) is 0 Å². The second kappa shape index (κ2) is 7.04. The van der Waals surface area contributed by atoms with Gasteiger partial charge in [0, 0.05) is 35.8 Å². The van der Waals surface area contributed by atoms with Crippen molar-refractivity contribution in [2.75, 3.05) is 0 Å². The van der Waals surface area contributed by atoms with Gasteiger partial charge in [0.15, 0.2) is 0 Å². The topological polar surface area (TPSA) is 42.0 Å². The van der Waals surface area contributed by atoms with E-state index in [4.69, 9.17) is 0 Å². The summed E-state index contributed by atoms with van der Waals surface area (Å²) in [5.41, 5.74) is 2.14. The van der Waals surface area contributed by atoms with Crippen LogP contribution in [0.25, 0.3) is 10.4 Å². The number of nitrogens with zero attached hydrogens (tertiary/aromatic N) is 1. The molecular weight excluding hydrogens is 256 g/mol. The fourth-order valence-corrected chi connectivity index (χ4v) is 2.50. The van der Waals surface area contributed by atoms with Gasteiger partial charge in [0.25, 0.3) is 0 Å². The molecule has 2 aromatic rings. The number of rotatable bonds is 6. The van der Waals surface area contributed by atoms with Crippen LogP contribution < -0.4 is 5.32 Å². The fraction of sp³-hybridized carbons (Fsp3) is 0.333. The highest BCUT2D eigenvalue weighted by atomic mass is 32.1. The number of pyridine rings is 1. The Morgan fingerprint density at radius 2 is 2.32 bits per heavy atom. The molecule has 0 fully saturated rings. The van der Waals surface area contributed by atoms with Gasteiger partial charge >= 0.3 is 0 Å². The third-order valence-corrected chi connectivity index (χ3v) is 3.77. The number of thiophene rings is 1. The molecule has 2 rings (SSSR count). The molecule has 0 bridgehead atoms. The molecule has 0 aliphatic carbocycles. The summed E-state index contributed by atoms with van der Waals surface area (Å²) in [7, 11) is 0. The maximum absolute atomic E-state index is 11.6. The summed E-state index contributed by atoms with van der Waals surface area (Å²) in [6.07, 6.45) is 6.25. The highest BCUT2D eigenvalue weighted by molar-refractivity contribution is 7.13. The molecule has 0 aliphatic rings. The summed E-state index contributed by atoms with van der Waals surface area (Å²) in [6.45, 7) is 2.64. The summed E-state index contributed by atoms with van der Waals surface area (Å²) >= 11 is 1.69. The second-order valence-electron chi connectivity index (χ2n) is 4.44. The van der Waals surface area contributed by atoms with Gasteiger partial charge in [-0.25, -0.2) is 0 Å². The average Bonchev–Trinajstić information content (AvgIpc) is 2.97. The van der Waals surface area contributed by atoms with Crippen molar-refractivity contribution in [2.45, 2.75) is 32.7 Å². The van der Waals surface area contributed by atoms with Crippen LogP contribution in [0.2, 0.25) is 0 Å². The zero-order valence-electron chi connectivity index (χ0n) is 11.1. The lowest BCUT2D eigenvalue weighted by atomic mass is 10.1. The van der Waals surface area contributed by atoms with Crippen LogP contribution in [0.5, 0.6) is 0 Å². The molecule has 19 heavy (non-hydrogen) atoms. The normalized spacial score (nSPS) is 10.4. The first-order valence-corrected chi connectivity index (χ1v) is 7.42. The number of nitrogens with one attached hydrogen (secondary N) is 1. The quantitative estimate of drug-likeness (QED) is 0.874. The van der Waals surface area contributed by atoms with Crippen molar-refractivity contribution in [3.05, 3.63) is 41.5 Å². The Labute approximate surface area is 117 Å². The Bertz CT molecular complexity index is 523. The fourth-order valence-electron chi connectivity index (χ4n) is 1.79. The van der Waals surface area contributed by atoms with Gasteiger partial charge in [0.2, 0.25) is 5.91 Å². The lowest BCUT2D eigenvalue weighted by Gasteiger charge is -2.06. The molecule has 0 unspecified atom stereocenters. The van der Waals surface area contributed by atoms with Crippen molar-refractivity contribution < 1.29 is 4.79 Å². The average molecular weight is 274 g/mol. The minimum Gasteiger partial charge on any atom is -0.352 e. The minimum absolute atomic E-state index is 0.114. The molecular formula is C15H18N2OS. The zero-order chi connectivity index (χ0) is 13.5. The molecule has 1 N–H and O–H groups in total.